The molecule has 4 heteroatoms. The second-order valence-corrected chi connectivity index (χ2v) is 20.0. The summed E-state index contributed by atoms with van der Waals surface area (Å²) in [5.41, 5.74) is 1.53. The molecule has 4 rings (SSSR count). The molecule has 0 bridgehead atoms. The van der Waals surface area contributed by atoms with Gasteiger partial charge in [-0.3, -0.25) is 6.08 Å². The van der Waals surface area contributed by atoms with E-state index in [1.165, 1.54) is 54.3 Å². The number of hydrogen-bond acceptors (Lipinski definition) is 0. The number of fused-ring (bicyclic) bond motifs is 3. The Morgan fingerprint density at radius 3 is 2.32 bits per heavy atom. The van der Waals surface area contributed by atoms with Crippen LogP contribution in [-0.2, 0) is 23.0 Å². The maximum Gasteiger partial charge on any atom is -1.00 e. The van der Waals surface area contributed by atoms with Crippen LogP contribution in [0.25, 0.3) is 0 Å². The maximum absolute atomic E-state index is 3.12. The third-order valence-corrected chi connectivity index (χ3v) is 4.93. The molecule has 4 aliphatic carbocycles. The van der Waals surface area contributed by atoms with Crippen LogP contribution in [-0.4, -0.2) is 5.49 Å². The number of hydrogen-bond donors (Lipinski definition) is 0. The summed E-state index contributed by atoms with van der Waals surface area (Å²) in [5.74, 6) is 3.56. The maximum atomic E-state index is 3.12. The standard InChI is InChI=1S/C13H17.C6H7.C2H6Si.2ClH.Hf/c1-3-7-12-10(5-1)9-11-6-2-4-8-13(11)12;1-6-4-2-3-5-6;1-3-2;;;/h1,3,5,7,9-13H,2,4,6,8H2;2,4H,3H2,1H3;1-2H3;2*1H;/q2*-1;;;;+2/p-2. The molecule has 4 aliphatic rings. The first-order valence-corrected chi connectivity index (χ1v) is 16.9. The molecular formula is C21H30Cl2HfSi-2. The summed E-state index contributed by atoms with van der Waals surface area (Å²) in [6.07, 6.45) is 26.1. The second kappa shape index (κ2) is 13.7. The molecular weight excluding hydrogens is 530 g/mol. The fourth-order valence-corrected chi connectivity index (χ4v) is 3.97. The van der Waals surface area contributed by atoms with E-state index in [4.69, 9.17) is 0 Å². The quantitative estimate of drug-likeness (QED) is 0.286. The van der Waals surface area contributed by atoms with Gasteiger partial charge in [-0.25, -0.2) is 11.6 Å². The Balaban J connectivity index is 0.000000410. The third-order valence-electron chi connectivity index (χ3n) is 4.93. The van der Waals surface area contributed by atoms with Gasteiger partial charge in [0.05, 0.1) is 0 Å². The van der Waals surface area contributed by atoms with Crippen LogP contribution in [0.5, 0.6) is 0 Å². The van der Waals surface area contributed by atoms with Crippen LogP contribution in [0.15, 0.2) is 42.0 Å². The predicted molar refractivity (Wildman–Crippen MR) is 98.7 cm³/mol. The van der Waals surface area contributed by atoms with Gasteiger partial charge in [-0.2, -0.15) is 12.0 Å². The van der Waals surface area contributed by atoms with Crippen LogP contribution in [0.1, 0.15) is 39.0 Å². The first kappa shape index (κ1) is 25.6. The number of allylic oxidation sites excluding steroid dienone is 8. The molecule has 4 unspecified atom stereocenters. The van der Waals surface area contributed by atoms with Crippen molar-refractivity contribution in [3.05, 3.63) is 54.5 Å². The largest absolute Gasteiger partial charge is 1.00 e. The summed E-state index contributed by atoms with van der Waals surface area (Å²) in [6.45, 7) is 6.72. The van der Waals surface area contributed by atoms with Crippen molar-refractivity contribution in [2.24, 2.45) is 23.7 Å². The van der Waals surface area contributed by atoms with Crippen molar-refractivity contribution in [1.82, 2.24) is 0 Å². The average Bonchev–Trinajstić information content (AvgIpc) is 3.13. The Labute approximate surface area is 182 Å². The van der Waals surface area contributed by atoms with E-state index in [1.807, 2.05) is 0 Å². The van der Waals surface area contributed by atoms with Gasteiger partial charge in [0.2, 0.25) is 0 Å². The Morgan fingerprint density at radius 2 is 1.76 bits per heavy atom. The number of rotatable bonds is 0. The van der Waals surface area contributed by atoms with Gasteiger partial charge >= 0.3 is 41.6 Å². The van der Waals surface area contributed by atoms with Gasteiger partial charge in [-0.05, 0) is 5.92 Å². The zero-order valence-electron chi connectivity index (χ0n) is 15.6. The van der Waals surface area contributed by atoms with E-state index in [0.717, 1.165) is 30.1 Å². The molecule has 0 radical (unpaired) electrons. The van der Waals surface area contributed by atoms with Crippen molar-refractivity contribution in [3.8, 4) is 0 Å². The van der Waals surface area contributed by atoms with Crippen LogP contribution in [0.2, 0.25) is 13.1 Å². The molecule has 138 valence electrons. The minimum atomic E-state index is 0. The van der Waals surface area contributed by atoms with Gasteiger partial charge in [0, 0.05) is 0 Å². The molecule has 0 amide bonds. The van der Waals surface area contributed by atoms with Gasteiger partial charge in [-0.1, -0.05) is 56.8 Å². The van der Waals surface area contributed by atoms with E-state index in [2.05, 4.69) is 69.0 Å². The van der Waals surface area contributed by atoms with Gasteiger partial charge < -0.3 is 31.2 Å². The summed E-state index contributed by atoms with van der Waals surface area (Å²) >= 11 is 1.45. The van der Waals surface area contributed by atoms with Crippen LogP contribution in [0.3, 0.4) is 0 Å². The number of halogens is 2. The molecule has 0 aliphatic heterocycles. The SMILES string of the molecule is C1=CC2[CH-]C3CCCCC3C2C=C1.CC1=[C-]CC=C1.C[Si](C)=[Hf+2].[Cl-].[Cl-]. The Bertz CT molecular complexity index is 515. The molecule has 0 N–H and O–H groups in total. The molecule has 0 spiro atoms. The van der Waals surface area contributed by atoms with Crippen molar-refractivity contribution in [3.63, 3.8) is 0 Å². The van der Waals surface area contributed by atoms with E-state index >= 15 is 0 Å². The summed E-state index contributed by atoms with van der Waals surface area (Å²) in [7, 11) is 0. The summed E-state index contributed by atoms with van der Waals surface area (Å²) < 4.78 is 0. The molecule has 2 fully saturated rings. The molecule has 0 nitrogen and oxygen atoms in total. The van der Waals surface area contributed by atoms with Crippen molar-refractivity contribution < 1.29 is 47.8 Å². The summed E-state index contributed by atoms with van der Waals surface area (Å²) in [6, 6.07) is 0. The van der Waals surface area contributed by atoms with Gasteiger partial charge in [0.25, 0.3) is 0 Å². The molecule has 0 aromatic heterocycles. The normalized spacial score (nSPS) is 30.2. The second-order valence-electron chi connectivity index (χ2n) is 7.20. The van der Waals surface area contributed by atoms with Crippen LogP contribution in [0.4, 0.5) is 0 Å². The minimum absolute atomic E-state index is 0. The van der Waals surface area contributed by atoms with E-state index in [-0.39, 0.29) is 30.3 Å². The van der Waals surface area contributed by atoms with E-state index in [9.17, 15) is 0 Å². The van der Waals surface area contributed by atoms with Crippen molar-refractivity contribution in [2.45, 2.75) is 52.1 Å². The molecule has 4 atom stereocenters. The van der Waals surface area contributed by atoms with Crippen molar-refractivity contribution >= 4 is 5.49 Å². The molecule has 0 heterocycles. The topological polar surface area (TPSA) is 0 Å². The average molecular weight is 560 g/mol. The van der Waals surface area contributed by atoms with Crippen LogP contribution in [0, 0.1) is 36.2 Å². The fourth-order valence-electron chi connectivity index (χ4n) is 3.97. The van der Waals surface area contributed by atoms with Gasteiger partial charge in [0.15, 0.2) is 0 Å². The monoisotopic (exact) mass is 560 g/mol. The zero-order chi connectivity index (χ0) is 16.7. The smallest absolute Gasteiger partial charge is 1.00 e. The molecule has 0 aromatic carbocycles. The first-order chi connectivity index (χ1) is 11.1. The van der Waals surface area contributed by atoms with E-state index in [0.29, 0.717) is 0 Å². The van der Waals surface area contributed by atoms with Crippen LogP contribution < -0.4 is 24.8 Å². The summed E-state index contributed by atoms with van der Waals surface area (Å²) in [4.78, 5) is 0. The van der Waals surface area contributed by atoms with E-state index < -0.39 is 0 Å². The molecule has 0 saturated heterocycles. The Morgan fingerprint density at radius 1 is 1.12 bits per heavy atom. The predicted octanol–water partition coefficient (Wildman–Crippen LogP) is -0.143. The van der Waals surface area contributed by atoms with Crippen LogP contribution >= 0.6 is 0 Å². The minimum Gasteiger partial charge on any atom is -1.00 e. The van der Waals surface area contributed by atoms with Gasteiger partial charge in [-0.15, -0.1) is 18.4 Å². The molecule has 25 heavy (non-hydrogen) atoms. The first-order valence-electron chi connectivity index (χ1n) is 9.03. The molecule has 0 aromatic rings. The van der Waals surface area contributed by atoms with E-state index in [1.54, 1.807) is 0 Å². The van der Waals surface area contributed by atoms with Crippen molar-refractivity contribution in [2.75, 3.05) is 0 Å². The summed E-state index contributed by atoms with van der Waals surface area (Å²) in [5, 5.41) is 0. The Kier molecular flexibility index (Phi) is 14.1. The Hall–Kier alpha value is 0.627. The van der Waals surface area contributed by atoms with Gasteiger partial charge in [0.1, 0.15) is 0 Å². The zero-order valence-corrected chi connectivity index (χ0v) is 21.7. The third kappa shape index (κ3) is 8.91. The fraction of sp³-hybridized carbons (Fsp3) is 0.571. The van der Waals surface area contributed by atoms with Crippen molar-refractivity contribution in [1.29, 1.82) is 0 Å². The molecule has 2 saturated carbocycles.